The van der Waals surface area contributed by atoms with Gasteiger partial charge in [-0.3, -0.25) is 13.9 Å². The summed E-state index contributed by atoms with van der Waals surface area (Å²) in [5.41, 5.74) is 2.90. The van der Waals surface area contributed by atoms with Gasteiger partial charge in [-0.15, -0.1) is 0 Å². The van der Waals surface area contributed by atoms with Crippen LogP contribution in [0, 0.1) is 13.8 Å². The molecule has 2 amide bonds. The SMILES string of the molecule is Cc1ccccc1CN(C(=O)CN(c1ccc(Cl)cc1C)S(C)(=O)=O)C(C)C(=O)NC1CCCCC1. The maximum absolute atomic E-state index is 13.7. The van der Waals surface area contributed by atoms with Crippen molar-refractivity contribution >= 4 is 39.1 Å². The number of nitrogens with zero attached hydrogens (tertiary/aromatic N) is 2. The number of rotatable bonds is 9. The summed E-state index contributed by atoms with van der Waals surface area (Å²) in [6.45, 7) is 5.17. The second kappa shape index (κ2) is 12.1. The van der Waals surface area contributed by atoms with Crippen molar-refractivity contribution in [2.45, 2.75) is 71.5 Å². The van der Waals surface area contributed by atoms with E-state index in [9.17, 15) is 18.0 Å². The summed E-state index contributed by atoms with van der Waals surface area (Å²) in [5.74, 6) is -0.679. The fourth-order valence-electron chi connectivity index (χ4n) is 4.62. The molecular formula is C27H36ClN3O4S. The van der Waals surface area contributed by atoms with Gasteiger partial charge in [0.05, 0.1) is 11.9 Å². The molecule has 2 aromatic rings. The van der Waals surface area contributed by atoms with Crippen LogP contribution in [-0.4, -0.2) is 50.0 Å². The predicted octanol–water partition coefficient (Wildman–Crippen LogP) is 4.59. The number of carbonyl (C=O) groups is 2. The Labute approximate surface area is 219 Å². The highest BCUT2D eigenvalue weighted by atomic mass is 35.5. The Kier molecular flexibility index (Phi) is 9.41. The Morgan fingerprint density at radius 1 is 1.06 bits per heavy atom. The highest BCUT2D eigenvalue weighted by Crippen LogP contribution is 2.26. The molecule has 2 aromatic carbocycles. The molecule has 0 heterocycles. The Bertz CT molecular complexity index is 1200. The number of carbonyl (C=O) groups excluding carboxylic acids is 2. The summed E-state index contributed by atoms with van der Waals surface area (Å²) in [6.07, 6.45) is 6.26. The van der Waals surface area contributed by atoms with Crippen molar-refractivity contribution in [3.8, 4) is 0 Å². The topological polar surface area (TPSA) is 86.8 Å². The van der Waals surface area contributed by atoms with Crippen molar-refractivity contribution in [2.24, 2.45) is 0 Å². The van der Waals surface area contributed by atoms with Crippen LogP contribution in [0.2, 0.25) is 5.02 Å². The van der Waals surface area contributed by atoms with Crippen molar-refractivity contribution in [1.29, 1.82) is 0 Å². The second-order valence-electron chi connectivity index (χ2n) is 9.67. The smallest absolute Gasteiger partial charge is 0.244 e. The molecule has 1 unspecified atom stereocenters. The first kappa shape index (κ1) is 28.0. The first-order valence-corrected chi connectivity index (χ1v) is 14.6. The first-order chi connectivity index (χ1) is 17.0. The molecule has 0 bridgehead atoms. The largest absolute Gasteiger partial charge is 0.352 e. The van der Waals surface area contributed by atoms with E-state index in [0.29, 0.717) is 16.3 Å². The normalized spacial score (nSPS) is 15.2. The van der Waals surface area contributed by atoms with Crippen molar-refractivity contribution < 1.29 is 18.0 Å². The van der Waals surface area contributed by atoms with Gasteiger partial charge >= 0.3 is 0 Å². The van der Waals surface area contributed by atoms with Gasteiger partial charge in [0.25, 0.3) is 0 Å². The molecule has 1 N–H and O–H groups in total. The molecule has 3 rings (SSSR count). The van der Waals surface area contributed by atoms with Crippen molar-refractivity contribution in [3.05, 3.63) is 64.2 Å². The van der Waals surface area contributed by atoms with Crippen LogP contribution in [0.1, 0.15) is 55.7 Å². The minimum Gasteiger partial charge on any atom is -0.352 e. The van der Waals surface area contributed by atoms with Crippen LogP contribution < -0.4 is 9.62 Å². The van der Waals surface area contributed by atoms with Crippen molar-refractivity contribution in [3.63, 3.8) is 0 Å². The van der Waals surface area contributed by atoms with Crippen LogP contribution in [0.5, 0.6) is 0 Å². The molecule has 0 radical (unpaired) electrons. The maximum Gasteiger partial charge on any atom is 0.244 e. The van der Waals surface area contributed by atoms with Gasteiger partial charge in [0, 0.05) is 17.6 Å². The number of nitrogens with one attached hydrogen (secondary N) is 1. The number of aryl methyl sites for hydroxylation is 2. The minimum atomic E-state index is -3.79. The van der Waals surface area contributed by atoms with Crippen LogP contribution in [0.15, 0.2) is 42.5 Å². The first-order valence-electron chi connectivity index (χ1n) is 12.4. The maximum atomic E-state index is 13.7. The Morgan fingerprint density at radius 2 is 1.72 bits per heavy atom. The lowest BCUT2D eigenvalue weighted by Gasteiger charge is -2.33. The lowest BCUT2D eigenvalue weighted by Crippen LogP contribution is -2.53. The molecule has 9 heteroatoms. The minimum absolute atomic E-state index is 0.105. The Morgan fingerprint density at radius 3 is 2.33 bits per heavy atom. The van der Waals surface area contributed by atoms with Crippen LogP contribution in [-0.2, 0) is 26.2 Å². The molecule has 7 nitrogen and oxygen atoms in total. The molecule has 196 valence electrons. The van der Waals surface area contributed by atoms with Gasteiger partial charge in [-0.25, -0.2) is 8.42 Å². The van der Waals surface area contributed by atoms with Gasteiger partial charge in [0.15, 0.2) is 0 Å². The van der Waals surface area contributed by atoms with E-state index in [1.165, 1.54) is 11.3 Å². The molecule has 1 aliphatic rings. The third kappa shape index (κ3) is 7.23. The Hall–Kier alpha value is -2.58. The summed E-state index contributed by atoms with van der Waals surface area (Å²) >= 11 is 6.07. The summed E-state index contributed by atoms with van der Waals surface area (Å²) in [7, 11) is -3.79. The van der Waals surface area contributed by atoms with Crippen LogP contribution in [0.25, 0.3) is 0 Å². The fraction of sp³-hybridized carbons (Fsp3) is 0.481. The summed E-state index contributed by atoms with van der Waals surface area (Å²) < 4.78 is 26.6. The third-order valence-corrected chi connectivity index (χ3v) is 8.19. The molecule has 0 spiro atoms. The zero-order chi connectivity index (χ0) is 26.5. The molecule has 36 heavy (non-hydrogen) atoms. The van der Waals surface area contributed by atoms with Gasteiger partial charge in [-0.05, 0) is 68.5 Å². The van der Waals surface area contributed by atoms with E-state index in [0.717, 1.165) is 47.4 Å². The lowest BCUT2D eigenvalue weighted by atomic mass is 9.95. The van der Waals surface area contributed by atoms with E-state index < -0.39 is 28.5 Å². The van der Waals surface area contributed by atoms with Gasteiger partial charge in [0.2, 0.25) is 21.8 Å². The monoisotopic (exact) mass is 533 g/mol. The van der Waals surface area contributed by atoms with Crippen LogP contribution in [0.3, 0.4) is 0 Å². The van der Waals surface area contributed by atoms with Gasteiger partial charge < -0.3 is 10.2 Å². The number of amides is 2. The molecule has 1 saturated carbocycles. The standard InChI is InChI=1S/C27H36ClN3O4S/c1-19-10-8-9-11-22(19)17-30(21(3)27(33)29-24-12-6-5-7-13-24)26(32)18-31(36(4,34)35)25-15-14-23(28)16-20(25)2/h8-11,14-16,21,24H,5-7,12-13,17-18H2,1-4H3,(H,29,33). The molecular weight excluding hydrogens is 498 g/mol. The van der Waals surface area contributed by atoms with Crippen LogP contribution in [0.4, 0.5) is 5.69 Å². The average molecular weight is 534 g/mol. The highest BCUT2D eigenvalue weighted by Gasteiger charge is 2.31. The van der Waals surface area contributed by atoms with Gasteiger partial charge in [-0.2, -0.15) is 0 Å². The fourth-order valence-corrected chi connectivity index (χ4v) is 5.75. The molecule has 0 saturated heterocycles. The van der Waals surface area contributed by atoms with E-state index in [1.54, 1.807) is 32.0 Å². The Balaban J connectivity index is 1.90. The van der Waals surface area contributed by atoms with Crippen LogP contribution >= 0.6 is 11.6 Å². The molecule has 1 atom stereocenters. The van der Waals surface area contributed by atoms with E-state index in [1.807, 2.05) is 31.2 Å². The molecule has 0 aromatic heterocycles. The zero-order valence-electron chi connectivity index (χ0n) is 21.5. The second-order valence-corrected chi connectivity index (χ2v) is 12.0. The average Bonchev–Trinajstić information content (AvgIpc) is 2.82. The number of benzene rings is 2. The summed E-state index contributed by atoms with van der Waals surface area (Å²) in [5, 5.41) is 3.58. The zero-order valence-corrected chi connectivity index (χ0v) is 23.0. The van der Waals surface area contributed by atoms with Crippen molar-refractivity contribution in [2.75, 3.05) is 17.1 Å². The third-order valence-electron chi connectivity index (χ3n) is 6.83. The highest BCUT2D eigenvalue weighted by molar-refractivity contribution is 7.92. The number of anilines is 1. The molecule has 1 aliphatic carbocycles. The van der Waals surface area contributed by atoms with E-state index in [4.69, 9.17) is 11.6 Å². The lowest BCUT2D eigenvalue weighted by molar-refractivity contribution is -0.139. The van der Waals surface area contributed by atoms with E-state index in [2.05, 4.69) is 5.32 Å². The number of hydrogen-bond acceptors (Lipinski definition) is 4. The number of hydrogen-bond donors (Lipinski definition) is 1. The summed E-state index contributed by atoms with van der Waals surface area (Å²) in [6, 6.07) is 11.8. The van der Waals surface area contributed by atoms with Gasteiger partial charge in [-0.1, -0.05) is 55.1 Å². The predicted molar refractivity (Wildman–Crippen MR) is 145 cm³/mol. The quantitative estimate of drug-likeness (QED) is 0.511. The molecule has 1 fully saturated rings. The number of halogens is 1. The molecule has 0 aliphatic heterocycles. The number of sulfonamides is 1. The van der Waals surface area contributed by atoms with Crippen molar-refractivity contribution in [1.82, 2.24) is 10.2 Å². The summed E-state index contributed by atoms with van der Waals surface area (Å²) in [4.78, 5) is 28.4. The van der Waals surface area contributed by atoms with E-state index >= 15 is 0 Å². The van der Waals surface area contributed by atoms with Gasteiger partial charge in [0.1, 0.15) is 12.6 Å². The van der Waals surface area contributed by atoms with E-state index in [-0.39, 0.29) is 18.5 Å².